The van der Waals surface area contributed by atoms with Gasteiger partial charge in [-0.25, -0.2) is 14.4 Å². The number of hydrogen-bond acceptors (Lipinski definition) is 8. The molecule has 2 aromatic rings. The molecule has 11 nitrogen and oxygen atoms in total. The molecule has 0 saturated carbocycles. The van der Waals surface area contributed by atoms with Crippen molar-refractivity contribution in [2.75, 3.05) is 13.2 Å². The average molecular weight is 667 g/mol. The van der Waals surface area contributed by atoms with Crippen LogP contribution in [0.15, 0.2) is 49.1 Å². The SMILES string of the molecule is O=C(O)C(F)(F)F.O=C(O)C(F)(F)F.O=C(O)C(F)(F)F.c1cncc(CO[C@@H]2CN(Cc3cccnc3)[C@@H]3CCCO[C@@H]32)c1. The standard InChI is InChI=1S/C19H23N3O2.3C2HF3O2/c1-4-15(10-20-7-1)12-22-13-18(19-17(22)6-3-9-23-19)24-14-16-5-2-8-21-11-16;3*3-2(4,5)1(6)7/h1-2,4-5,7-8,10-11,17-19H,3,6,9,12-14H2;3*(H,6,7)/t17-,18-,19+;;;/m1.../s1. The lowest BCUT2D eigenvalue weighted by molar-refractivity contribution is -0.193. The summed E-state index contributed by atoms with van der Waals surface area (Å²) in [5.74, 6) is -8.27. The van der Waals surface area contributed by atoms with E-state index in [1.165, 1.54) is 12.0 Å². The molecule has 0 radical (unpaired) electrons. The van der Waals surface area contributed by atoms with E-state index < -0.39 is 36.4 Å². The summed E-state index contributed by atoms with van der Waals surface area (Å²) in [6.45, 7) is 3.25. The fraction of sp³-hybridized carbons (Fsp3) is 0.480. The van der Waals surface area contributed by atoms with E-state index in [9.17, 15) is 39.5 Å². The average Bonchev–Trinajstić information content (AvgIpc) is 3.29. The topological polar surface area (TPSA) is 159 Å². The van der Waals surface area contributed by atoms with Crippen molar-refractivity contribution in [3.05, 3.63) is 60.2 Å². The first kappa shape index (κ1) is 39.0. The summed E-state index contributed by atoms with van der Waals surface area (Å²) in [6.07, 6.45) is -5.24. The quantitative estimate of drug-likeness (QED) is 0.390. The second-order valence-electron chi connectivity index (χ2n) is 8.96. The van der Waals surface area contributed by atoms with Gasteiger partial charge in [0.1, 0.15) is 6.10 Å². The summed E-state index contributed by atoms with van der Waals surface area (Å²) in [5, 5.41) is 21.4. The molecule has 2 fully saturated rings. The largest absolute Gasteiger partial charge is 0.490 e. The van der Waals surface area contributed by atoms with E-state index >= 15 is 0 Å². The fourth-order valence-corrected chi connectivity index (χ4v) is 3.75. The summed E-state index contributed by atoms with van der Waals surface area (Å²) in [4.78, 5) is 37.6. The minimum atomic E-state index is -5.08. The van der Waals surface area contributed by atoms with Crippen LogP contribution in [0.1, 0.15) is 24.0 Å². The number of rotatable bonds is 5. The molecule has 3 atom stereocenters. The summed E-state index contributed by atoms with van der Waals surface area (Å²) < 4.78 is 107. The molecule has 20 heteroatoms. The van der Waals surface area contributed by atoms with Gasteiger partial charge in [0.2, 0.25) is 0 Å². The first-order chi connectivity index (χ1) is 20.7. The highest BCUT2D eigenvalue weighted by Gasteiger charge is 2.44. The maximum Gasteiger partial charge on any atom is 0.490 e. The zero-order valence-corrected chi connectivity index (χ0v) is 22.7. The lowest BCUT2D eigenvalue weighted by Gasteiger charge is -2.32. The highest BCUT2D eigenvalue weighted by Crippen LogP contribution is 2.32. The van der Waals surface area contributed by atoms with Crippen molar-refractivity contribution in [2.45, 2.75) is 62.8 Å². The van der Waals surface area contributed by atoms with Gasteiger partial charge in [0.05, 0.1) is 12.7 Å². The second-order valence-corrected chi connectivity index (χ2v) is 8.96. The third-order valence-electron chi connectivity index (χ3n) is 5.61. The fourth-order valence-electron chi connectivity index (χ4n) is 3.75. The van der Waals surface area contributed by atoms with Crippen molar-refractivity contribution in [1.29, 1.82) is 0 Å². The molecule has 0 aromatic carbocycles. The van der Waals surface area contributed by atoms with Crippen LogP contribution < -0.4 is 0 Å². The first-order valence-electron chi connectivity index (χ1n) is 12.4. The Labute approximate surface area is 248 Å². The van der Waals surface area contributed by atoms with Gasteiger partial charge in [-0.3, -0.25) is 14.9 Å². The molecule has 0 unspecified atom stereocenters. The van der Waals surface area contributed by atoms with Crippen molar-refractivity contribution in [3.63, 3.8) is 0 Å². The Morgan fingerprint density at radius 1 is 0.822 bits per heavy atom. The van der Waals surface area contributed by atoms with Crippen molar-refractivity contribution in [1.82, 2.24) is 14.9 Å². The highest BCUT2D eigenvalue weighted by atomic mass is 19.4. The number of carboxylic acids is 3. The number of likely N-dealkylation sites (tertiary alicyclic amines) is 1. The van der Waals surface area contributed by atoms with E-state index in [1.807, 2.05) is 30.7 Å². The zero-order valence-electron chi connectivity index (χ0n) is 22.7. The minimum Gasteiger partial charge on any atom is -0.475 e. The molecular weight excluding hydrogens is 641 g/mol. The van der Waals surface area contributed by atoms with Gasteiger partial charge >= 0.3 is 36.4 Å². The molecule has 2 saturated heterocycles. The highest BCUT2D eigenvalue weighted by molar-refractivity contribution is 5.73. The van der Waals surface area contributed by atoms with Crippen LogP contribution in [0.25, 0.3) is 0 Å². The molecule has 2 aromatic heterocycles. The number of ether oxygens (including phenoxy) is 2. The number of pyridine rings is 2. The molecule has 45 heavy (non-hydrogen) atoms. The van der Waals surface area contributed by atoms with Gasteiger partial charge < -0.3 is 24.8 Å². The smallest absolute Gasteiger partial charge is 0.475 e. The van der Waals surface area contributed by atoms with Gasteiger partial charge in [0.25, 0.3) is 0 Å². The van der Waals surface area contributed by atoms with Gasteiger partial charge in [0, 0.05) is 50.5 Å². The van der Waals surface area contributed by atoms with Crippen LogP contribution in [0, 0.1) is 0 Å². The van der Waals surface area contributed by atoms with E-state index in [0.717, 1.165) is 31.7 Å². The molecular formula is C25H26F9N3O8. The van der Waals surface area contributed by atoms with Crippen LogP contribution in [0.4, 0.5) is 39.5 Å². The van der Waals surface area contributed by atoms with Crippen LogP contribution in [0.5, 0.6) is 0 Å². The molecule has 0 amide bonds. The van der Waals surface area contributed by atoms with Crippen LogP contribution in [-0.2, 0) is 37.0 Å². The van der Waals surface area contributed by atoms with Gasteiger partial charge in [0.15, 0.2) is 0 Å². The zero-order chi connectivity index (χ0) is 34.4. The predicted molar refractivity (Wildman–Crippen MR) is 131 cm³/mol. The number of halogens is 9. The van der Waals surface area contributed by atoms with Gasteiger partial charge in [-0.15, -0.1) is 0 Å². The number of alkyl halides is 9. The van der Waals surface area contributed by atoms with Crippen LogP contribution in [0.2, 0.25) is 0 Å². The van der Waals surface area contributed by atoms with E-state index in [2.05, 4.69) is 27.0 Å². The molecule has 0 bridgehead atoms. The maximum atomic E-state index is 10.6. The van der Waals surface area contributed by atoms with Crippen molar-refractivity contribution < 1.29 is 78.7 Å². The molecule has 4 heterocycles. The Bertz CT molecular complexity index is 1140. The monoisotopic (exact) mass is 667 g/mol. The number of carboxylic acid groups (broad SMARTS) is 3. The summed E-state index contributed by atoms with van der Waals surface area (Å²) in [5.41, 5.74) is 2.35. The summed E-state index contributed by atoms with van der Waals surface area (Å²) >= 11 is 0. The lowest BCUT2D eigenvalue weighted by atomic mass is 10.0. The third kappa shape index (κ3) is 15.0. The van der Waals surface area contributed by atoms with Crippen molar-refractivity contribution >= 4 is 17.9 Å². The summed E-state index contributed by atoms with van der Waals surface area (Å²) in [7, 11) is 0. The van der Waals surface area contributed by atoms with E-state index in [0.29, 0.717) is 12.6 Å². The van der Waals surface area contributed by atoms with E-state index in [4.69, 9.17) is 39.2 Å². The van der Waals surface area contributed by atoms with Crippen LogP contribution >= 0.6 is 0 Å². The number of aromatic nitrogens is 2. The molecule has 3 N–H and O–H groups in total. The van der Waals surface area contributed by atoms with E-state index in [1.54, 1.807) is 6.20 Å². The Balaban J connectivity index is 0.000000396. The first-order valence-corrected chi connectivity index (χ1v) is 12.4. The van der Waals surface area contributed by atoms with Gasteiger partial charge in [-0.2, -0.15) is 39.5 Å². The summed E-state index contributed by atoms with van der Waals surface area (Å²) in [6, 6.07) is 8.57. The number of fused-ring (bicyclic) bond motifs is 1. The van der Waals surface area contributed by atoms with Crippen molar-refractivity contribution in [2.24, 2.45) is 0 Å². The molecule has 252 valence electrons. The molecule has 0 aliphatic carbocycles. The molecule has 2 aliphatic heterocycles. The predicted octanol–water partition coefficient (Wildman–Crippen LogP) is 4.33. The van der Waals surface area contributed by atoms with E-state index in [-0.39, 0.29) is 12.2 Å². The minimum absolute atomic E-state index is 0.118. The Morgan fingerprint density at radius 3 is 1.67 bits per heavy atom. The maximum absolute atomic E-state index is 10.6. The Kier molecular flexibility index (Phi) is 15.1. The van der Waals surface area contributed by atoms with Gasteiger partial charge in [-0.1, -0.05) is 12.1 Å². The molecule has 4 rings (SSSR count). The normalized spacial score (nSPS) is 19.7. The number of nitrogens with zero attached hydrogens (tertiary/aromatic N) is 3. The van der Waals surface area contributed by atoms with Crippen LogP contribution in [0.3, 0.4) is 0 Å². The Morgan fingerprint density at radius 2 is 1.27 bits per heavy atom. The Hall–Kier alpha value is -4.04. The lowest BCUT2D eigenvalue weighted by Crippen LogP contribution is -2.41. The number of carbonyl (C=O) groups is 3. The third-order valence-corrected chi connectivity index (χ3v) is 5.61. The van der Waals surface area contributed by atoms with Crippen molar-refractivity contribution in [3.8, 4) is 0 Å². The van der Waals surface area contributed by atoms with Crippen LogP contribution in [-0.4, -0.2) is 98.0 Å². The van der Waals surface area contributed by atoms with Gasteiger partial charge in [-0.05, 0) is 36.1 Å². The molecule has 2 aliphatic rings. The second kappa shape index (κ2) is 17.4. The number of hydrogen-bond donors (Lipinski definition) is 3. The molecule has 0 spiro atoms. The number of aliphatic carboxylic acids is 3.